The van der Waals surface area contributed by atoms with E-state index >= 15 is 0 Å². The third kappa shape index (κ3) is 7.55. The molecular formula is C35H40N4O3. The number of hydrogen-bond donors (Lipinski definition) is 0. The number of ether oxygens (including phenoxy) is 2. The standard InChI is InChI=1S/C35H40N4O3/c1-8-12-33(36-25(5)39(6)29-19-21-30(22-20-29)41-24(3)4)27(9-2)23-26-15-17-28(18-16-26)31-13-10-11-14-32(31)34-37-35(40-7)42-38-34/h9-11,13-22,24H,2,8,12,23H2,1,3-7H3/b33-27+,36-25?. The van der Waals surface area contributed by atoms with Gasteiger partial charge in [-0.1, -0.05) is 79.7 Å². The molecule has 0 N–H and O–H groups in total. The van der Waals surface area contributed by atoms with Gasteiger partial charge in [-0.05, 0) is 80.1 Å². The summed E-state index contributed by atoms with van der Waals surface area (Å²) in [5, 5.41) is 4.07. The predicted octanol–water partition coefficient (Wildman–Crippen LogP) is 8.54. The zero-order valence-corrected chi connectivity index (χ0v) is 25.4. The minimum atomic E-state index is 0.139. The molecule has 42 heavy (non-hydrogen) atoms. The van der Waals surface area contributed by atoms with E-state index in [0.717, 1.165) is 64.5 Å². The molecule has 1 heterocycles. The lowest BCUT2D eigenvalue weighted by Gasteiger charge is -2.21. The van der Waals surface area contributed by atoms with Crippen molar-refractivity contribution in [1.29, 1.82) is 0 Å². The van der Waals surface area contributed by atoms with Crippen LogP contribution in [-0.4, -0.2) is 36.2 Å². The van der Waals surface area contributed by atoms with Gasteiger partial charge in [0, 0.05) is 24.0 Å². The van der Waals surface area contributed by atoms with Crippen LogP contribution in [0.3, 0.4) is 0 Å². The average molecular weight is 565 g/mol. The first-order chi connectivity index (χ1) is 20.3. The minimum Gasteiger partial charge on any atom is -0.491 e. The first-order valence-corrected chi connectivity index (χ1v) is 14.3. The maximum absolute atomic E-state index is 5.79. The van der Waals surface area contributed by atoms with E-state index in [-0.39, 0.29) is 12.2 Å². The van der Waals surface area contributed by atoms with E-state index in [1.54, 1.807) is 0 Å². The molecule has 0 bridgehead atoms. The van der Waals surface area contributed by atoms with Gasteiger partial charge in [-0.3, -0.25) is 4.52 Å². The normalized spacial score (nSPS) is 12.2. The second-order valence-corrected chi connectivity index (χ2v) is 10.3. The average Bonchev–Trinajstić information content (AvgIpc) is 3.49. The van der Waals surface area contributed by atoms with Crippen molar-refractivity contribution in [3.8, 4) is 34.3 Å². The van der Waals surface area contributed by atoms with Gasteiger partial charge in [-0.25, -0.2) is 4.99 Å². The Hall–Kier alpha value is -4.65. The number of benzene rings is 3. The van der Waals surface area contributed by atoms with Crippen LogP contribution in [0.15, 0.2) is 106 Å². The number of aliphatic imine (C=N–C) groups is 1. The number of aromatic nitrogens is 2. The summed E-state index contributed by atoms with van der Waals surface area (Å²) in [4.78, 5) is 11.5. The fraction of sp³-hybridized carbons (Fsp3) is 0.286. The predicted molar refractivity (Wildman–Crippen MR) is 171 cm³/mol. The summed E-state index contributed by atoms with van der Waals surface area (Å²) in [6, 6.07) is 24.7. The van der Waals surface area contributed by atoms with Crippen LogP contribution in [0.25, 0.3) is 22.5 Å². The lowest BCUT2D eigenvalue weighted by atomic mass is 9.96. The molecular weight excluding hydrogens is 524 g/mol. The van der Waals surface area contributed by atoms with Crippen molar-refractivity contribution in [3.05, 3.63) is 102 Å². The molecule has 0 aliphatic heterocycles. The van der Waals surface area contributed by atoms with Crippen LogP contribution in [0.1, 0.15) is 46.1 Å². The van der Waals surface area contributed by atoms with Crippen molar-refractivity contribution in [2.45, 2.75) is 53.1 Å². The maximum atomic E-state index is 5.79. The summed E-state index contributed by atoms with van der Waals surface area (Å²) in [6.45, 7) is 12.4. The Bertz CT molecular complexity index is 1530. The molecule has 218 valence electrons. The van der Waals surface area contributed by atoms with Crippen molar-refractivity contribution in [1.82, 2.24) is 10.1 Å². The zero-order valence-electron chi connectivity index (χ0n) is 25.4. The van der Waals surface area contributed by atoms with Crippen LogP contribution in [0.5, 0.6) is 11.8 Å². The van der Waals surface area contributed by atoms with E-state index in [0.29, 0.717) is 5.82 Å². The second kappa shape index (κ2) is 14.3. The van der Waals surface area contributed by atoms with Gasteiger partial charge in [-0.15, -0.1) is 0 Å². The topological polar surface area (TPSA) is 73.0 Å². The Morgan fingerprint density at radius 3 is 2.31 bits per heavy atom. The van der Waals surface area contributed by atoms with Crippen LogP contribution >= 0.6 is 0 Å². The highest BCUT2D eigenvalue weighted by atomic mass is 16.6. The molecule has 3 aromatic carbocycles. The van der Waals surface area contributed by atoms with Crippen molar-refractivity contribution in [3.63, 3.8) is 0 Å². The highest BCUT2D eigenvalue weighted by molar-refractivity contribution is 5.96. The van der Waals surface area contributed by atoms with Crippen molar-refractivity contribution < 1.29 is 14.0 Å². The second-order valence-electron chi connectivity index (χ2n) is 10.3. The van der Waals surface area contributed by atoms with Gasteiger partial charge in [0.05, 0.1) is 13.2 Å². The Morgan fingerprint density at radius 1 is 1.02 bits per heavy atom. The summed E-state index contributed by atoms with van der Waals surface area (Å²) in [6.07, 6.45) is 4.82. The lowest BCUT2D eigenvalue weighted by Crippen LogP contribution is -2.23. The maximum Gasteiger partial charge on any atom is 0.417 e. The van der Waals surface area contributed by atoms with Crippen molar-refractivity contribution in [2.24, 2.45) is 4.99 Å². The SMILES string of the molecule is C=C/C(Cc1ccc(-c2ccccc2-c2noc(OC)n2)cc1)=C(/CCC)N=C(C)N(C)c1ccc(OC(C)C)cc1. The van der Waals surface area contributed by atoms with Crippen molar-refractivity contribution in [2.75, 3.05) is 19.1 Å². The molecule has 0 atom stereocenters. The molecule has 0 aliphatic rings. The third-order valence-corrected chi connectivity index (χ3v) is 6.89. The molecule has 4 rings (SSSR count). The van der Waals surface area contributed by atoms with E-state index in [1.807, 2.05) is 64.2 Å². The number of nitrogens with zero attached hydrogens (tertiary/aromatic N) is 4. The van der Waals surface area contributed by atoms with Gasteiger partial charge in [0.25, 0.3) is 0 Å². The monoisotopic (exact) mass is 564 g/mol. The molecule has 0 fully saturated rings. The Kier molecular flexibility index (Phi) is 10.3. The number of rotatable bonds is 12. The third-order valence-electron chi connectivity index (χ3n) is 6.89. The van der Waals surface area contributed by atoms with E-state index in [9.17, 15) is 0 Å². The van der Waals surface area contributed by atoms with E-state index in [2.05, 4.69) is 71.0 Å². The summed E-state index contributed by atoms with van der Waals surface area (Å²) >= 11 is 0. The molecule has 0 saturated heterocycles. The fourth-order valence-corrected chi connectivity index (χ4v) is 4.65. The highest BCUT2D eigenvalue weighted by Gasteiger charge is 2.14. The van der Waals surface area contributed by atoms with Crippen LogP contribution in [0.4, 0.5) is 5.69 Å². The first-order valence-electron chi connectivity index (χ1n) is 14.3. The van der Waals surface area contributed by atoms with Crippen LogP contribution in [0.2, 0.25) is 0 Å². The van der Waals surface area contributed by atoms with Crippen LogP contribution < -0.4 is 14.4 Å². The summed E-state index contributed by atoms with van der Waals surface area (Å²) in [5.41, 5.74) is 7.38. The molecule has 7 heteroatoms. The van der Waals surface area contributed by atoms with E-state index in [4.69, 9.17) is 19.0 Å². The molecule has 0 unspecified atom stereocenters. The van der Waals surface area contributed by atoms with Gasteiger partial charge in [0.15, 0.2) is 0 Å². The Balaban J connectivity index is 1.56. The smallest absolute Gasteiger partial charge is 0.417 e. The number of hydrogen-bond acceptors (Lipinski definition) is 6. The van der Waals surface area contributed by atoms with Gasteiger partial charge in [0.1, 0.15) is 11.6 Å². The Labute approximate surface area is 249 Å². The molecule has 0 saturated carbocycles. The molecule has 1 aromatic heterocycles. The van der Waals surface area contributed by atoms with E-state index < -0.39 is 0 Å². The number of allylic oxidation sites excluding steroid dienone is 3. The largest absolute Gasteiger partial charge is 0.491 e. The summed E-state index contributed by atoms with van der Waals surface area (Å²) in [5.74, 6) is 2.27. The minimum absolute atomic E-state index is 0.139. The fourth-order valence-electron chi connectivity index (χ4n) is 4.65. The van der Waals surface area contributed by atoms with E-state index in [1.165, 1.54) is 12.7 Å². The van der Waals surface area contributed by atoms with Crippen molar-refractivity contribution >= 4 is 11.5 Å². The van der Waals surface area contributed by atoms with Gasteiger partial charge in [0.2, 0.25) is 5.82 Å². The molecule has 0 amide bonds. The highest BCUT2D eigenvalue weighted by Crippen LogP contribution is 2.32. The van der Waals surface area contributed by atoms with Crippen LogP contribution in [0, 0.1) is 0 Å². The lowest BCUT2D eigenvalue weighted by molar-refractivity contribution is 0.242. The quantitative estimate of drug-likeness (QED) is 0.0975. The first kappa shape index (κ1) is 30.3. The molecule has 0 aliphatic carbocycles. The number of methoxy groups -OCH3 is 1. The van der Waals surface area contributed by atoms with Gasteiger partial charge >= 0.3 is 6.08 Å². The Morgan fingerprint density at radius 2 is 1.71 bits per heavy atom. The van der Waals surface area contributed by atoms with Crippen LogP contribution in [-0.2, 0) is 6.42 Å². The number of amidine groups is 1. The molecule has 0 spiro atoms. The molecule has 4 aromatic rings. The van der Waals surface area contributed by atoms with Gasteiger partial charge in [-0.2, -0.15) is 4.98 Å². The summed E-state index contributed by atoms with van der Waals surface area (Å²) in [7, 11) is 3.54. The number of anilines is 1. The molecule has 7 nitrogen and oxygen atoms in total. The molecule has 0 radical (unpaired) electrons. The van der Waals surface area contributed by atoms with Gasteiger partial charge < -0.3 is 14.4 Å². The summed E-state index contributed by atoms with van der Waals surface area (Å²) < 4.78 is 16.0. The zero-order chi connectivity index (χ0) is 30.1.